The molecule has 4 aromatic rings. The number of hydroxylamine groups is 2. The summed E-state index contributed by atoms with van der Waals surface area (Å²) < 4.78 is 13.5. The zero-order valence-electron chi connectivity index (χ0n) is 19.8. The van der Waals surface area contributed by atoms with Gasteiger partial charge >= 0.3 is 5.97 Å². The number of hydrogen-bond acceptors (Lipinski definition) is 6. The van der Waals surface area contributed by atoms with Gasteiger partial charge in [-0.2, -0.15) is 5.10 Å². The van der Waals surface area contributed by atoms with Crippen molar-refractivity contribution in [1.82, 2.24) is 25.1 Å². The van der Waals surface area contributed by atoms with Gasteiger partial charge in [0.15, 0.2) is 0 Å². The minimum absolute atomic E-state index is 0.0134. The van der Waals surface area contributed by atoms with Crippen molar-refractivity contribution in [3.05, 3.63) is 80.7 Å². The molecule has 188 valence electrons. The van der Waals surface area contributed by atoms with Crippen LogP contribution in [0, 0.1) is 17.9 Å². The fourth-order valence-corrected chi connectivity index (χ4v) is 5.14. The summed E-state index contributed by atoms with van der Waals surface area (Å²) in [7, 11) is 0. The van der Waals surface area contributed by atoms with Crippen LogP contribution in [0.15, 0.2) is 47.4 Å². The Morgan fingerprint density at radius 2 is 2.03 bits per heavy atom. The second-order valence-corrected chi connectivity index (χ2v) is 9.54. The Morgan fingerprint density at radius 3 is 2.78 bits per heavy atom. The van der Waals surface area contributed by atoms with E-state index in [0.29, 0.717) is 42.1 Å². The Labute approximate surface area is 206 Å². The number of carbonyl (C=O) groups is 1. The van der Waals surface area contributed by atoms with E-state index < -0.39 is 17.8 Å². The van der Waals surface area contributed by atoms with Crippen LogP contribution in [0.1, 0.15) is 35.4 Å². The van der Waals surface area contributed by atoms with Crippen LogP contribution in [-0.4, -0.2) is 62.0 Å². The quantitative estimate of drug-likeness (QED) is 0.337. The number of benzene rings is 2. The molecule has 1 atom stereocenters. The van der Waals surface area contributed by atoms with Crippen molar-refractivity contribution in [2.45, 2.75) is 38.1 Å². The molecule has 0 aliphatic carbocycles. The summed E-state index contributed by atoms with van der Waals surface area (Å²) in [6.45, 7) is 3.02. The summed E-state index contributed by atoms with van der Waals surface area (Å²) in [4.78, 5) is 29.2. The number of aromatic amines is 2. The Balaban J connectivity index is 1.23. The molecule has 0 bridgehead atoms. The number of aliphatic carboxylic acids is 1. The van der Waals surface area contributed by atoms with E-state index in [2.05, 4.69) is 15.2 Å². The van der Waals surface area contributed by atoms with E-state index in [0.717, 1.165) is 27.4 Å². The molecule has 0 radical (unpaired) electrons. The van der Waals surface area contributed by atoms with Gasteiger partial charge in [-0.3, -0.25) is 19.6 Å². The van der Waals surface area contributed by atoms with Gasteiger partial charge in [0, 0.05) is 17.6 Å². The number of likely N-dealkylation sites (tertiary alicyclic amines) is 1. The Kier molecular flexibility index (Phi) is 6.57. The zero-order chi connectivity index (χ0) is 25.4. The third kappa shape index (κ3) is 4.88. The lowest BCUT2D eigenvalue weighted by atomic mass is 9.89. The first-order valence-corrected chi connectivity index (χ1v) is 11.9. The number of hydrogen-bond donors (Lipinski definition) is 3. The van der Waals surface area contributed by atoms with Crippen LogP contribution in [0.25, 0.3) is 21.8 Å². The second kappa shape index (κ2) is 9.81. The molecule has 36 heavy (non-hydrogen) atoms. The molecule has 10 heteroatoms. The number of aromatic nitrogens is 3. The van der Waals surface area contributed by atoms with Gasteiger partial charge in [0.2, 0.25) is 0 Å². The van der Waals surface area contributed by atoms with Crippen molar-refractivity contribution in [3.8, 4) is 0 Å². The first-order valence-electron chi connectivity index (χ1n) is 11.9. The molecule has 1 aliphatic rings. The standard InChI is InChI=1S/C26H27FN5O4/c1-15-8-16(9-19-13-28-30-24(15)19)10-23(26(34)35)32(36)14-31-6-4-17(5-7-31)21-11-18-2-3-20(27)12-22(18)29-25(21)33/h2-3,8-9,11-13,17,23H,4-7,10,14H2,1H3,(H,28,30)(H,29,33)(H,34,35)/q-1/t23-/m1/s1. The fourth-order valence-electron chi connectivity index (χ4n) is 5.14. The molecular weight excluding hydrogens is 465 g/mol. The highest BCUT2D eigenvalue weighted by atomic mass is 19.1. The first kappa shape index (κ1) is 24.1. The van der Waals surface area contributed by atoms with Crippen LogP contribution in [0.4, 0.5) is 4.39 Å². The SMILES string of the molecule is Cc1cc(C[C@H](C(=O)O)N([O-])CN2CCC(c3cc4ccc(F)cc4[nH]c3=O)CC2)cc2cn[nH]c12. The molecule has 3 heterocycles. The summed E-state index contributed by atoms with van der Waals surface area (Å²) in [6, 6.07) is 8.65. The van der Waals surface area contributed by atoms with Crippen molar-refractivity contribution in [2.24, 2.45) is 0 Å². The summed E-state index contributed by atoms with van der Waals surface area (Å²) in [5, 5.41) is 31.9. The van der Waals surface area contributed by atoms with Crippen molar-refractivity contribution < 1.29 is 14.3 Å². The van der Waals surface area contributed by atoms with Crippen LogP contribution < -0.4 is 5.56 Å². The smallest absolute Gasteiger partial charge is 0.320 e. The highest BCUT2D eigenvalue weighted by Crippen LogP contribution is 2.28. The van der Waals surface area contributed by atoms with Gasteiger partial charge in [-0.15, -0.1) is 0 Å². The summed E-state index contributed by atoms with van der Waals surface area (Å²) in [5.41, 5.74) is 3.49. The van der Waals surface area contributed by atoms with Crippen molar-refractivity contribution in [1.29, 1.82) is 0 Å². The number of H-pyrrole nitrogens is 2. The summed E-state index contributed by atoms with van der Waals surface area (Å²) in [6.07, 6.45) is 3.10. The molecule has 1 aliphatic heterocycles. The molecule has 9 nitrogen and oxygen atoms in total. The number of halogens is 1. The number of nitrogens with zero attached hydrogens (tertiary/aromatic N) is 3. The summed E-state index contributed by atoms with van der Waals surface area (Å²) in [5.74, 6) is -1.55. The average Bonchev–Trinajstić information content (AvgIpc) is 3.32. The van der Waals surface area contributed by atoms with Gasteiger partial charge in [0.05, 0.1) is 17.2 Å². The van der Waals surface area contributed by atoms with E-state index in [1.54, 1.807) is 12.3 Å². The van der Waals surface area contributed by atoms with E-state index in [9.17, 15) is 24.3 Å². The van der Waals surface area contributed by atoms with Gasteiger partial charge < -0.3 is 20.4 Å². The molecule has 0 unspecified atom stereocenters. The van der Waals surface area contributed by atoms with Crippen LogP contribution >= 0.6 is 0 Å². The van der Waals surface area contributed by atoms with E-state index in [1.165, 1.54) is 12.1 Å². The lowest BCUT2D eigenvalue weighted by Gasteiger charge is -2.41. The maximum absolute atomic E-state index is 13.5. The van der Waals surface area contributed by atoms with Crippen molar-refractivity contribution in [2.75, 3.05) is 19.8 Å². The highest BCUT2D eigenvalue weighted by Gasteiger charge is 2.26. The van der Waals surface area contributed by atoms with Gasteiger partial charge in [0.25, 0.3) is 5.56 Å². The molecule has 1 fully saturated rings. The first-order chi connectivity index (χ1) is 17.3. The highest BCUT2D eigenvalue weighted by molar-refractivity contribution is 5.82. The molecule has 2 aromatic heterocycles. The maximum Gasteiger partial charge on any atom is 0.320 e. The maximum atomic E-state index is 13.5. The number of carboxylic acids is 1. The minimum Gasteiger partial charge on any atom is -0.784 e. The number of fused-ring (bicyclic) bond motifs is 2. The number of piperidine rings is 1. The molecule has 0 amide bonds. The molecule has 0 saturated carbocycles. The number of rotatable bonds is 7. The van der Waals surface area contributed by atoms with E-state index in [-0.39, 0.29) is 24.6 Å². The van der Waals surface area contributed by atoms with E-state index in [4.69, 9.17) is 0 Å². The molecule has 0 spiro atoms. The number of pyridine rings is 1. The lowest BCUT2D eigenvalue weighted by Crippen LogP contribution is -2.47. The number of carboxylic acid groups (broad SMARTS) is 1. The predicted octanol–water partition coefficient (Wildman–Crippen LogP) is 3.48. The fraction of sp³-hybridized carbons (Fsp3) is 0.346. The van der Waals surface area contributed by atoms with Crippen molar-refractivity contribution >= 4 is 27.8 Å². The van der Waals surface area contributed by atoms with Crippen molar-refractivity contribution in [3.63, 3.8) is 0 Å². The molecule has 1 saturated heterocycles. The molecular formula is C26H27FN5O4-. The minimum atomic E-state index is -1.21. The lowest BCUT2D eigenvalue weighted by molar-refractivity contribution is -0.143. The molecule has 2 aromatic carbocycles. The van der Waals surface area contributed by atoms with Gasteiger partial charge in [0.1, 0.15) is 11.9 Å². The van der Waals surface area contributed by atoms with Crippen LogP contribution in [-0.2, 0) is 11.2 Å². The van der Waals surface area contributed by atoms with E-state index in [1.807, 2.05) is 30.0 Å². The summed E-state index contributed by atoms with van der Waals surface area (Å²) >= 11 is 0. The third-order valence-corrected chi connectivity index (χ3v) is 7.07. The van der Waals surface area contributed by atoms with Gasteiger partial charge in [-0.05, 0) is 92.0 Å². The van der Waals surface area contributed by atoms with Crippen LogP contribution in [0.2, 0.25) is 0 Å². The van der Waals surface area contributed by atoms with Crippen LogP contribution in [0.5, 0.6) is 0 Å². The topological polar surface area (TPSA) is 128 Å². The van der Waals surface area contributed by atoms with Crippen LogP contribution in [0.3, 0.4) is 0 Å². The Morgan fingerprint density at radius 1 is 1.25 bits per heavy atom. The number of aryl methyl sites for hydroxylation is 1. The Hall–Kier alpha value is -3.60. The van der Waals surface area contributed by atoms with E-state index >= 15 is 0 Å². The third-order valence-electron chi connectivity index (χ3n) is 7.07. The average molecular weight is 493 g/mol. The monoisotopic (exact) mass is 492 g/mol. The molecule has 5 rings (SSSR count). The van der Waals surface area contributed by atoms with Gasteiger partial charge in [-0.1, -0.05) is 6.07 Å². The molecule has 3 N–H and O–H groups in total. The number of nitrogens with one attached hydrogen (secondary N) is 2. The normalized spacial score (nSPS) is 16.2. The zero-order valence-corrected chi connectivity index (χ0v) is 19.8. The van der Waals surface area contributed by atoms with Gasteiger partial charge in [-0.25, -0.2) is 4.39 Å². The Bertz CT molecular complexity index is 1470. The largest absolute Gasteiger partial charge is 0.784 e. The predicted molar refractivity (Wildman–Crippen MR) is 134 cm³/mol. The second-order valence-electron chi connectivity index (χ2n) is 9.54.